The summed E-state index contributed by atoms with van der Waals surface area (Å²) >= 11 is 0. The molecule has 0 aliphatic heterocycles. The van der Waals surface area contributed by atoms with Gasteiger partial charge in [-0.25, -0.2) is 9.97 Å². The van der Waals surface area contributed by atoms with E-state index in [0.29, 0.717) is 6.54 Å². The molecule has 1 aromatic heterocycles. The molecule has 0 saturated carbocycles. The van der Waals surface area contributed by atoms with Crippen molar-refractivity contribution in [3.63, 3.8) is 0 Å². The quantitative estimate of drug-likeness (QED) is 0.803. The van der Waals surface area contributed by atoms with Gasteiger partial charge in [-0.3, -0.25) is 0 Å². The number of nitrogens with zero attached hydrogens (tertiary/aromatic N) is 2. The molecule has 0 amide bonds. The summed E-state index contributed by atoms with van der Waals surface area (Å²) in [4.78, 5) is 8.52. The second-order valence-corrected chi connectivity index (χ2v) is 3.49. The first-order chi connectivity index (χ1) is 7.29. The Balaban J connectivity index is 2.33. The number of benzene rings is 1. The van der Waals surface area contributed by atoms with Crippen molar-refractivity contribution in [2.75, 3.05) is 0 Å². The van der Waals surface area contributed by atoms with Gasteiger partial charge in [0, 0.05) is 30.1 Å². The molecular formula is C12H13N3. The van der Waals surface area contributed by atoms with Gasteiger partial charge in [0.2, 0.25) is 0 Å². The fourth-order valence-electron chi connectivity index (χ4n) is 1.31. The third-order valence-electron chi connectivity index (χ3n) is 2.25. The van der Waals surface area contributed by atoms with E-state index < -0.39 is 0 Å². The van der Waals surface area contributed by atoms with Crippen LogP contribution in [0.2, 0.25) is 0 Å². The lowest BCUT2D eigenvalue weighted by atomic mass is 10.1. The lowest BCUT2D eigenvalue weighted by Crippen LogP contribution is -1.98. The van der Waals surface area contributed by atoms with Gasteiger partial charge in [0.1, 0.15) is 0 Å². The van der Waals surface area contributed by atoms with Crippen molar-refractivity contribution < 1.29 is 0 Å². The molecule has 2 N–H and O–H groups in total. The van der Waals surface area contributed by atoms with Crippen LogP contribution in [0.4, 0.5) is 0 Å². The molecule has 0 aliphatic carbocycles. The van der Waals surface area contributed by atoms with Gasteiger partial charge in [-0.15, -0.1) is 0 Å². The van der Waals surface area contributed by atoms with Gasteiger partial charge in [-0.2, -0.15) is 0 Å². The Labute approximate surface area is 89.0 Å². The van der Waals surface area contributed by atoms with Crippen LogP contribution in [0.5, 0.6) is 0 Å². The van der Waals surface area contributed by atoms with Crippen LogP contribution in [0.15, 0.2) is 36.7 Å². The molecule has 2 aromatic rings. The van der Waals surface area contributed by atoms with Gasteiger partial charge in [-0.05, 0) is 6.92 Å². The first-order valence-corrected chi connectivity index (χ1v) is 4.87. The minimum Gasteiger partial charge on any atom is -0.326 e. The summed E-state index contributed by atoms with van der Waals surface area (Å²) in [6, 6.07) is 8.14. The van der Waals surface area contributed by atoms with E-state index in [4.69, 9.17) is 5.73 Å². The first-order valence-electron chi connectivity index (χ1n) is 4.87. The Morgan fingerprint density at radius 2 is 1.67 bits per heavy atom. The molecule has 0 spiro atoms. The largest absolute Gasteiger partial charge is 0.326 e. The Hall–Kier alpha value is -1.74. The van der Waals surface area contributed by atoms with Crippen molar-refractivity contribution >= 4 is 0 Å². The number of aryl methyl sites for hydroxylation is 1. The van der Waals surface area contributed by atoms with Crippen LogP contribution in [-0.2, 0) is 6.54 Å². The molecular weight excluding hydrogens is 186 g/mol. The molecule has 0 saturated heterocycles. The molecule has 76 valence electrons. The number of nitrogens with two attached hydrogens (primary N) is 1. The number of hydrogen-bond acceptors (Lipinski definition) is 3. The average Bonchev–Trinajstić information content (AvgIpc) is 2.30. The predicted octanol–water partition coefficient (Wildman–Crippen LogP) is 1.91. The molecule has 2 rings (SSSR count). The molecule has 0 unspecified atom stereocenters. The lowest BCUT2D eigenvalue weighted by molar-refractivity contribution is 1.01. The van der Waals surface area contributed by atoms with E-state index in [1.54, 1.807) is 12.4 Å². The molecule has 3 nitrogen and oxygen atoms in total. The monoisotopic (exact) mass is 199 g/mol. The zero-order valence-corrected chi connectivity index (χ0v) is 8.64. The van der Waals surface area contributed by atoms with Gasteiger partial charge < -0.3 is 5.73 Å². The van der Waals surface area contributed by atoms with E-state index in [0.717, 1.165) is 17.0 Å². The normalized spacial score (nSPS) is 10.3. The summed E-state index contributed by atoms with van der Waals surface area (Å²) in [7, 11) is 0. The van der Waals surface area contributed by atoms with Crippen molar-refractivity contribution in [2.24, 2.45) is 5.73 Å². The van der Waals surface area contributed by atoms with Crippen molar-refractivity contribution in [1.29, 1.82) is 0 Å². The van der Waals surface area contributed by atoms with Crippen molar-refractivity contribution in [3.05, 3.63) is 47.8 Å². The molecule has 0 bridgehead atoms. The van der Waals surface area contributed by atoms with Crippen LogP contribution < -0.4 is 5.73 Å². The highest BCUT2D eigenvalue weighted by atomic mass is 14.9. The second kappa shape index (κ2) is 4.19. The molecule has 3 heteroatoms. The summed E-state index contributed by atoms with van der Waals surface area (Å²) in [5.74, 6) is 0.743. The summed E-state index contributed by atoms with van der Waals surface area (Å²) in [6.07, 6.45) is 3.53. The van der Waals surface area contributed by atoms with Crippen LogP contribution in [0.25, 0.3) is 11.4 Å². The average molecular weight is 199 g/mol. The van der Waals surface area contributed by atoms with Crippen LogP contribution in [-0.4, -0.2) is 9.97 Å². The summed E-state index contributed by atoms with van der Waals surface area (Å²) in [5.41, 5.74) is 8.69. The molecule has 1 aromatic carbocycles. The van der Waals surface area contributed by atoms with E-state index in [1.165, 1.54) is 5.56 Å². The minimum atomic E-state index is 0.480. The van der Waals surface area contributed by atoms with Crippen molar-refractivity contribution in [3.8, 4) is 11.4 Å². The zero-order valence-electron chi connectivity index (χ0n) is 8.64. The van der Waals surface area contributed by atoms with Crippen LogP contribution in [0.1, 0.15) is 11.1 Å². The van der Waals surface area contributed by atoms with E-state index in [2.05, 4.69) is 29.0 Å². The smallest absolute Gasteiger partial charge is 0.159 e. The predicted molar refractivity (Wildman–Crippen MR) is 60.1 cm³/mol. The molecule has 1 heterocycles. The Kier molecular flexibility index (Phi) is 2.74. The van der Waals surface area contributed by atoms with E-state index >= 15 is 0 Å². The van der Waals surface area contributed by atoms with Crippen molar-refractivity contribution in [1.82, 2.24) is 9.97 Å². The highest BCUT2D eigenvalue weighted by Gasteiger charge is 1.99. The topological polar surface area (TPSA) is 51.8 Å². The fourth-order valence-corrected chi connectivity index (χ4v) is 1.31. The fraction of sp³-hybridized carbons (Fsp3) is 0.167. The van der Waals surface area contributed by atoms with Gasteiger partial charge in [0.05, 0.1) is 0 Å². The molecule has 0 radical (unpaired) electrons. The minimum absolute atomic E-state index is 0.480. The summed E-state index contributed by atoms with van der Waals surface area (Å²) in [6.45, 7) is 2.54. The van der Waals surface area contributed by atoms with E-state index in [-0.39, 0.29) is 0 Å². The Morgan fingerprint density at radius 1 is 1.07 bits per heavy atom. The number of aromatic nitrogens is 2. The maximum Gasteiger partial charge on any atom is 0.159 e. The third-order valence-corrected chi connectivity index (χ3v) is 2.25. The Morgan fingerprint density at radius 3 is 2.20 bits per heavy atom. The summed E-state index contributed by atoms with van der Waals surface area (Å²) in [5, 5.41) is 0. The summed E-state index contributed by atoms with van der Waals surface area (Å²) < 4.78 is 0. The van der Waals surface area contributed by atoms with Gasteiger partial charge >= 0.3 is 0 Å². The van der Waals surface area contributed by atoms with E-state index in [1.807, 2.05) is 12.1 Å². The second-order valence-electron chi connectivity index (χ2n) is 3.49. The Bertz CT molecular complexity index is 431. The van der Waals surface area contributed by atoms with Crippen LogP contribution in [0, 0.1) is 6.92 Å². The molecule has 0 aliphatic rings. The standard InChI is InChI=1S/C12H13N3/c1-9-2-4-11(5-3-9)12-14-7-10(6-13)8-15-12/h2-5,7-8H,6,13H2,1H3. The molecule has 15 heavy (non-hydrogen) atoms. The highest BCUT2D eigenvalue weighted by Crippen LogP contribution is 2.14. The molecule has 0 atom stereocenters. The maximum atomic E-state index is 5.48. The van der Waals surface area contributed by atoms with E-state index in [9.17, 15) is 0 Å². The SMILES string of the molecule is Cc1ccc(-c2ncc(CN)cn2)cc1. The highest BCUT2D eigenvalue weighted by molar-refractivity contribution is 5.54. The van der Waals surface area contributed by atoms with Gasteiger partial charge in [0.25, 0.3) is 0 Å². The van der Waals surface area contributed by atoms with Gasteiger partial charge in [-0.1, -0.05) is 29.8 Å². The zero-order chi connectivity index (χ0) is 10.7. The number of rotatable bonds is 2. The lowest BCUT2D eigenvalue weighted by Gasteiger charge is -2.01. The molecule has 0 fully saturated rings. The number of hydrogen-bond donors (Lipinski definition) is 1. The van der Waals surface area contributed by atoms with Crippen molar-refractivity contribution in [2.45, 2.75) is 13.5 Å². The third kappa shape index (κ3) is 2.19. The maximum absolute atomic E-state index is 5.48. The first kappa shape index (κ1) is 9.80. The van der Waals surface area contributed by atoms with Crippen LogP contribution in [0.3, 0.4) is 0 Å². The van der Waals surface area contributed by atoms with Gasteiger partial charge in [0.15, 0.2) is 5.82 Å². The van der Waals surface area contributed by atoms with Crippen LogP contribution >= 0.6 is 0 Å².